The number of benzene rings is 4. The van der Waals surface area contributed by atoms with Crippen LogP contribution in [0.2, 0.25) is 0 Å². The van der Waals surface area contributed by atoms with Crippen molar-refractivity contribution in [1.29, 1.82) is 0 Å². The average molecular weight is 763 g/mol. The Morgan fingerprint density at radius 2 is 0.607 bits per heavy atom. The second-order valence-corrected chi connectivity index (χ2v) is 12.1. The van der Waals surface area contributed by atoms with Crippen LogP contribution in [0.3, 0.4) is 0 Å². The molecule has 14 nitrogen and oxygen atoms in total. The van der Waals surface area contributed by atoms with E-state index in [1.807, 2.05) is 27.7 Å². The molecule has 290 valence electrons. The first-order valence-electron chi connectivity index (χ1n) is 17.5. The van der Waals surface area contributed by atoms with Crippen LogP contribution in [0.15, 0.2) is 117 Å². The summed E-state index contributed by atoms with van der Waals surface area (Å²) in [6.07, 6.45) is -0.854. The zero-order valence-electron chi connectivity index (χ0n) is 31.9. The first kappa shape index (κ1) is 41.8. The summed E-state index contributed by atoms with van der Waals surface area (Å²) in [5.74, 6) is 0.716. The monoisotopic (exact) mass is 762 g/mol. The van der Waals surface area contributed by atoms with E-state index in [0.29, 0.717) is 58.7 Å². The lowest BCUT2D eigenvalue weighted by atomic mass is 10.1. The standard InChI is InChI=1S/C42H42N4O10/c1-27(33-9-17-37(18-10-33)53-31(5)47)43-45-29(3)35-13-21-39(22-14-35)55-41(49)51-25-7-8-26-52-42(50)56-40-23-15-36(16-24-40)30(4)46-44-28(2)34-11-19-38(20-12-34)54-32(6)48/h9-24H,7-8,25-26H2,1-6H3/b43-27+,44-28+,45-29+,46-30+. The van der Waals surface area contributed by atoms with Gasteiger partial charge in [-0.25, -0.2) is 9.59 Å². The number of unbranched alkanes of at least 4 members (excludes halogenated alkanes) is 1. The van der Waals surface area contributed by atoms with E-state index in [9.17, 15) is 19.2 Å². The summed E-state index contributed by atoms with van der Waals surface area (Å²) in [5, 5.41) is 17.2. The van der Waals surface area contributed by atoms with Gasteiger partial charge in [0, 0.05) is 13.8 Å². The quantitative estimate of drug-likeness (QED) is 0.0285. The molecule has 0 bridgehead atoms. The average Bonchev–Trinajstić information content (AvgIpc) is 3.17. The molecule has 0 aliphatic heterocycles. The van der Waals surface area contributed by atoms with Crippen LogP contribution >= 0.6 is 0 Å². The Kier molecular flexibility index (Phi) is 15.7. The summed E-state index contributed by atoms with van der Waals surface area (Å²) in [7, 11) is 0. The van der Waals surface area contributed by atoms with E-state index in [1.54, 1.807) is 97.1 Å². The van der Waals surface area contributed by atoms with Gasteiger partial charge < -0.3 is 28.4 Å². The van der Waals surface area contributed by atoms with E-state index in [0.717, 1.165) is 22.3 Å². The first-order chi connectivity index (χ1) is 26.9. The predicted octanol–water partition coefficient (Wildman–Crippen LogP) is 8.51. The summed E-state index contributed by atoms with van der Waals surface area (Å²) < 4.78 is 30.8. The van der Waals surface area contributed by atoms with Crippen LogP contribution in [-0.2, 0) is 19.1 Å². The van der Waals surface area contributed by atoms with E-state index < -0.39 is 12.3 Å². The molecule has 4 aromatic rings. The van der Waals surface area contributed by atoms with Crippen molar-refractivity contribution in [1.82, 2.24) is 0 Å². The molecule has 14 heteroatoms. The van der Waals surface area contributed by atoms with Crippen molar-refractivity contribution in [3.05, 3.63) is 119 Å². The Balaban J connectivity index is 1.11. The van der Waals surface area contributed by atoms with E-state index in [1.165, 1.54) is 13.8 Å². The van der Waals surface area contributed by atoms with Gasteiger partial charge in [-0.15, -0.1) is 0 Å². The minimum atomic E-state index is -0.860. The van der Waals surface area contributed by atoms with Gasteiger partial charge in [-0.05, 0) is 160 Å². The van der Waals surface area contributed by atoms with Crippen LogP contribution in [0, 0.1) is 0 Å². The lowest BCUT2D eigenvalue weighted by Gasteiger charge is -2.08. The van der Waals surface area contributed by atoms with E-state index in [2.05, 4.69) is 20.4 Å². The Morgan fingerprint density at radius 3 is 0.839 bits per heavy atom. The second-order valence-electron chi connectivity index (χ2n) is 12.1. The number of rotatable bonds is 15. The molecule has 0 spiro atoms. The third-order valence-electron chi connectivity index (χ3n) is 7.69. The van der Waals surface area contributed by atoms with Crippen molar-refractivity contribution in [2.75, 3.05) is 13.2 Å². The molecule has 0 unspecified atom stereocenters. The largest absolute Gasteiger partial charge is 0.513 e. The highest BCUT2D eigenvalue weighted by atomic mass is 16.7. The van der Waals surface area contributed by atoms with Gasteiger partial charge in [0.25, 0.3) is 0 Å². The highest BCUT2D eigenvalue weighted by molar-refractivity contribution is 6.02. The molecule has 0 radical (unpaired) electrons. The number of nitrogens with zero attached hydrogens (tertiary/aromatic N) is 4. The molecular formula is C42H42N4O10. The number of ether oxygens (including phenoxy) is 6. The maximum Gasteiger partial charge on any atom is 0.513 e. The van der Waals surface area contributed by atoms with Crippen LogP contribution in [-0.4, -0.2) is 60.3 Å². The van der Waals surface area contributed by atoms with E-state index in [-0.39, 0.29) is 25.2 Å². The van der Waals surface area contributed by atoms with Gasteiger partial charge in [-0.2, -0.15) is 20.4 Å². The Bertz CT molecular complexity index is 1950. The zero-order valence-corrected chi connectivity index (χ0v) is 31.9. The minimum Gasteiger partial charge on any atom is -0.434 e. The molecule has 0 amide bonds. The molecule has 4 aromatic carbocycles. The van der Waals surface area contributed by atoms with Crippen molar-refractivity contribution < 1.29 is 47.6 Å². The SMILES string of the molecule is CC(=O)Oc1ccc(/C(C)=N/N=C(\C)c2ccc(OC(=O)OCCCCOC(=O)Oc3ccc(/C(C)=N/N=C(\C)c4ccc(OC(C)=O)cc4)cc3)cc2)cc1. The van der Waals surface area contributed by atoms with Crippen LogP contribution in [0.5, 0.6) is 23.0 Å². The summed E-state index contributed by atoms with van der Waals surface area (Å²) in [6, 6.07) is 27.4. The van der Waals surface area contributed by atoms with Gasteiger partial charge in [0.15, 0.2) is 0 Å². The molecule has 0 aliphatic carbocycles. The molecule has 0 saturated heterocycles. The highest BCUT2D eigenvalue weighted by Crippen LogP contribution is 2.18. The number of esters is 2. The number of hydrogen-bond acceptors (Lipinski definition) is 14. The minimum absolute atomic E-state index is 0.0687. The second kappa shape index (κ2) is 21.1. The van der Waals surface area contributed by atoms with Gasteiger partial charge in [0.2, 0.25) is 0 Å². The summed E-state index contributed by atoms with van der Waals surface area (Å²) >= 11 is 0. The van der Waals surface area contributed by atoms with Crippen LogP contribution < -0.4 is 18.9 Å². The Hall–Kier alpha value is -6.96. The lowest BCUT2D eigenvalue weighted by Crippen LogP contribution is -2.14. The molecule has 0 heterocycles. The highest BCUT2D eigenvalue weighted by Gasteiger charge is 2.10. The third-order valence-corrected chi connectivity index (χ3v) is 7.69. The van der Waals surface area contributed by atoms with Crippen molar-refractivity contribution in [2.45, 2.75) is 54.4 Å². The Morgan fingerprint density at radius 1 is 0.375 bits per heavy atom. The molecule has 0 atom stereocenters. The number of carbonyl (C=O) groups excluding carboxylic acids is 4. The lowest BCUT2D eigenvalue weighted by molar-refractivity contribution is -0.132. The molecular weight excluding hydrogens is 720 g/mol. The normalized spacial score (nSPS) is 12.0. The van der Waals surface area contributed by atoms with Crippen molar-refractivity contribution in [3.63, 3.8) is 0 Å². The fourth-order valence-corrected chi connectivity index (χ4v) is 4.69. The molecule has 0 fully saturated rings. The smallest absolute Gasteiger partial charge is 0.434 e. The van der Waals surface area contributed by atoms with Gasteiger partial charge >= 0.3 is 24.2 Å². The molecule has 0 aromatic heterocycles. The van der Waals surface area contributed by atoms with Crippen molar-refractivity contribution >= 4 is 47.1 Å². The number of hydrogen-bond donors (Lipinski definition) is 0. The Labute approximate surface area is 324 Å². The predicted molar refractivity (Wildman–Crippen MR) is 210 cm³/mol. The summed E-state index contributed by atoms with van der Waals surface area (Å²) in [5.41, 5.74) is 5.87. The third kappa shape index (κ3) is 14.1. The van der Waals surface area contributed by atoms with Gasteiger partial charge in [-0.3, -0.25) is 9.59 Å². The molecule has 0 N–H and O–H groups in total. The molecule has 4 rings (SSSR count). The maximum atomic E-state index is 12.1. The molecule has 56 heavy (non-hydrogen) atoms. The van der Waals surface area contributed by atoms with E-state index in [4.69, 9.17) is 28.4 Å². The van der Waals surface area contributed by atoms with Crippen LogP contribution in [0.4, 0.5) is 9.59 Å². The first-order valence-corrected chi connectivity index (χ1v) is 17.5. The van der Waals surface area contributed by atoms with Crippen molar-refractivity contribution in [2.24, 2.45) is 20.4 Å². The van der Waals surface area contributed by atoms with Gasteiger partial charge in [-0.1, -0.05) is 0 Å². The van der Waals surface area contributed by atoms with E-state index >= 15 is 0 Å². The van der Waals surface area contributed by atoms with Crippen molar-refractivity contribution in [3.8, 4) is 23.0 Å². The maximum absolute atomic E-state index is 12.1. The topological polar surface area (TPSA) is 173 Å². The summed E-state index contributed by atoms with van der Waals surface area (Å²) in [6.45, 7) is 10.1. The van der Waals surface area contributed by atoms with Gasteiger partial charge in [0.1, 0.15) is 23.0 Å². The fraction of sp³-hybridized carbons (Fsp3) is 0.238. The summed E-state index contributed by atoms with van der Waals surface area (Å²) in [4.78, 5) is 46.5. The fourth-order valence-electron chi connectivity index (χ4n) is 4.69. The van der Waals surface area contributed by atoms with Crippen LogP contribution in [0.25, 0.3) is 0 Å². The molecule has 0 aliphatic rings. The van der Waals surface area contributed by atoms with Gasteiger partial charge in [0.05, 0.1) is 36.1 Å². The van der Waals surface area contributed by atoms with Crippen LogP contribution in [0.1, 0.15) is 76.6 Å². The molecule has 0 saturated carbocycles. The number of carbonyl (C=O) groups is 4. The zero-order chi connectivity index (χ0) is 40.5.